The van der Waals surface area contributed by atoms with E-state index < -0.39 is 4.92 Å². The molecule has 0 amide bonds. The number of hydrogen-bond donors (Lipinski definition) is 2. The van der Waals surface area contributed by atoms with Gasteiger partial charge in [0.15, 0.2) is 0 Å². The molecule has 2 aromatic carbocycles. The molecule has 8 nitrogen and oxygen atoms in total. The molecule has 0 bridgehead atoms. The number of nitro benzene ring substituents is 1. The normalized spacial score (nSPS) is 13.7. The van der Waals surface area contributed by atoms with Crippen molar-refractivity contribution in [2.75, 3.05) is 17.2 Å². The van der Waals surface area contributed by atoms with Crippen molar-refractivity contribution in [3.05, 3.63) is 87.2 Å². The molecule has 2 N–H and O–H groups in total. The molecule has 0 saturated carbocycles. The Hall–Kier alpha value is -3.90. The number of hydrogen-bond acceptors (Lipinski definition) is 8. The molecule has 0 radical (unpaired) electrons. The lowest BCUT2D eigenvalue weighted by Gasteiger charge is -2.08. The predicted molar refractivity (Wildman–Crippen MR) is 116 cm³/mol. The zero-order valence-corrected chi connectivity index (χ0v) is 16.5. The number of fused-ring (bicyclic) bond motifs is 1. The third-order valence-electron chi connectivity index (χ3n) is 4.44. The van der Waals surface area contributed by atoms with Crippen molar-refractivity contribution >= 4 is 34.7 Å². The highest BCUT2D eigenvalue weighted by Gasteiger charge is 2.20. The van der Waals surface area contributed by atoms with E-state index in [1.54, 1.807) is 24.4 Å². The number of non-ortho nitro benzene ring substituents is 1. The first-order valence-corrected chi connectivity index (χ1v) is 9.94. The Morgan fingerprint density at radius 3 is 2.73 bits per heavy atom. The topological polar surface area (TPSA) is 117 Å². The highest BCUT2D eigenvalue weighted by atomic mass is 32.2. The summed E-state index contributed by atoms with van der Waals surface area (Å²) in [6.45, 7) is 0.554. The second-order valence-corrected chi connectivity index (χ2v) is 7.46. The Bertz CT molecular complexity index is 1140. The van der Waals surface area contributed by atoms with Crippen LogP contribution in [0, 0.1) is 21.4 Å². The smallest absolute Gasteiger partial charge is 0.269 e. The largest absolute Gasteiger partial charge is 0.354 e. The SMILES string of the molecule is N#C/C(=C1/Nc2ccccc2S1)c1ccnc(NCCc2ccc([N+](=O)[O-])cc2)n1. The second-order valence-electron chi connectivity index (χ2n) is 6.40. The number of allylic oxidation sites excluding steroid dienone is 1. The lowest BCUT2D eigenvalue weighted by atomic mass is 10.1. The van der Waals surface area contributed by atoms with E-state index >= 15 is 0 Å². The minimum absolute atomic E-state index is 0.0698. The molecule has 1 aliphatic heterocycles. The summed E-state index contributed by atoms with van der Waals surface area (Å²) in [4.78, 5) is 20.1. The quantitative estimate of drug-likeness (QED) is 0.344. The van der Waals surface area contributed by atoms with E-state index in [4.69, 9.17) is 0 Å². The molecule has 3 aromatic rings. The lowest BCUT2D eigenvalue weighted by Crippen LogP contribution is -2.09. The van der Waals surface area contributed by atoms with Gasteiger partial charge in [0, 0.05) is 29.8 Å². The average molecular weight is 416 g/mol. The van der Waals surface area contributed by atoms with Gasteiger partial charge in [-0.2, -0.15) is 5.26 Å². The number of nitriles is 1. The monoisotopic (exact) mass is 416 g/mol. The van der Waals surface area contributed by atoms with Crippen LogP contribution in [0.15, 0.2) is 70.7 Å². The Kier molecular flexibility index (Phi) is 5.59. The zero-order chi connectivity index (χ0) is 20.9. The van der Waals surface area contributed by atoms with E-state index in [0.29, 0.717) is 30.2 Å². The van der Waals surface area contributed by atoms with E-state index in [9.17, 15) is 15.4 Å². The van der Waals surface area contributed by atoms with Gasteiger partial charge in [-0.15, -0.1) is 0 Å². The van der Waals surface area contributed by atoms with E-state index in [2.05, 4.69) is 26.7 Å². The number of para-hydroxylation sites is 1. The third kappa shape index (κ3) is 4.24. The number of aromatic nitrogens is 2. The summed E-state index contributed by atoms with van der Waals surface area (Å²) in [6, 6.07) is 18.3. The molecule has 0 saturated heterocycles. The van der Waals surface area contributed by atoms with Gasteiger partial charge in [0.1, 0.15) is 11.6 Å². The molecule has 0 atom stereocenters. The van der Waals surface area contributed by atoms with Crippen molar-refractivity contribution in [2.45, 2.75) is 11.3 Å². The van der Waals surface area contributed by atoms with Crippen LogP contribution in [0.3, 0.4) is 0 Å². The first kappa shape index (κ1) is 19.4. The van der Waals surface area contributed by atoms with Crippen LogP contribution in [-0.4, -0.2) is 21.4 Å². The number of anilines is 2. The van der Waals surface area contributed by atoms with E-state index in [-0.39, 0.29) is 5.69 Å². The number of benzene rings is 2. The van der Waals surface area contributed by atoms with Gasteiger partial charge in [-0.3, -0.25) is 10.1 Å². The molecule has 1 aromatic heterocycles. The standard InChI is InChI=1S/C21H16N6O2S/c22-13-16(20-25-18-3-1-2-4-19(18)30-20)17-10-12-24-21(26-17)23-11-9-14-5-7-15(8-6-14)27(28)29/h1-8,10,12,25H,9,11H2,(H,23,24,26)/b20-16+. The number of nitro groups is 1. The molecule has 4 rings (SSSR count). The van der Waals surface area contributed by atoms with Gasteiger partial charge in [0.2, 0.25) is 5.95 Å². The fraction of sp³-hybridized carbons (Fsp3) is 0.0952. The minimum atomic E-state index is -0.418. The molecule has 9 heteroatoms. The van der Waals surface area contributed by atoms with Crippen LogP contribution in [0.25, 0.3) is 5.57 Å². The van der Waals surface area contributed by atoms with Crippen LogP contribution in [0.1, 0.15) is 11.3 Å². The van der Waals surface area contributed by atoms with Crippen molar-refractivity contribution in [3.8, 4) is 6.07 Å². The highest BCUT2D eigenvalue weighted by molar-refractivity contribution is 8.04. The number of thioether (sulfide) groups is 1. The summed E-state index contributed by atoms with van der Waals surface area (Å²) < 4.78 is 0. The molecule has 1 aliphatic rings. The van der Waals surface area contributed by atoms with Gasteiger partial charge in [0.05, 0.1) is 21.3 Å². The maximum absolute atomic E-state index is 10.7. The van der Waals surface area contributed by atoms with Gasteiger partial charge >= 0.3 is 0 Å². The van der Waals surface area contributed by atoms with Crippen molar-refractivity contribution in [2.24, 2.45) is 0 Å². The summed E-state index contributed by atoms with van der Waals surface area (Å²) in [5.74, 6) is 0.420. The Morgan fingerprint density at radius 1 is 1.20 bits per heavy atom. The zero-order valence-electron chi connectivity index (χ0n) is 15.7. The van der Waals surface area contributed by atoms with Crippen molar-refractivity contribution in [1.82, 2.24) is 9.97 Å². The predicted octanol–water partition coefficient (Wildman–Crippen LogP) is 4.45. The van der Waals surface area contributed by atoms with Crippen LogP contribution in [0.4, 0.5) is 17.3 Å². The average Bonchev–Trinajstić information content (AvgIpc) is 3.19. The van der Waals surface area contributed by atoms with Gasteiger partial charge in [-0.25, -0.2) is 9.97 Å². The Morgan fingerprint density at radius 2 is 2.00 bits per heavy atom. The summed E-state index contributed by atoms with van der Waals surface area (Å²) in [7, 11) is 0. The molecule has 0 fully saturated rings. The fourth-order valence-electron chi connectivity index (χ4n) is 2.94. The summed E-state index contributed by atoms with van der Waals surface area (Å²) in [6.07, 6.45) is 2.27. The molecular weight excluding hydrogens is 400 g/mol. The van der Waals surface area contributed by atoms with Crippen LogP contribution < -0.4 is 10.6 Å². The molecule has 0 aliphatic carbocycles. The molecule has 148 valence electrons. The number of nitrogens with zero attached hydrogens (tertiary/aromatic N) is 4. The van der Waals surface area contributed by atoms with Gasteiger partial charge < -0.3 is 10.6 Å². The number of nitrogens with one attached hydrogen (secondary N) is 2. The molecule has 0 unspecified atom stereocenters. The molecule has 0 spiro atoms. The number of rotatable bonds is 6. The maximum atomic E-state index is 10.7. The summed E-state index contributed by atoms with van der Waals surface area (Å²) in [5.41, 5.74) is 3.00. The maximum Gasteiger partial charge on any atom is 0.269 e. The second kappa shape index (κ2) is 8.63. The Balaban J connectivity index is 1.44. The minimum Gasteiger partial charge on any atom is -0.354 e. The van der Waals surface area contributed by atoms with Crippen molar-refractivity contribution in [3.63, 3.8) is 0 Å². The van der Waals surface area contributed by atoms with E-state index in [1.165, 1.54) is 23.9 Å². The van der Waals surface area contributed by atoms with Crippen LogP contribution >= 0.6 is 11.8 Å². The summed E-state index contributed by atoms with van der Waals surface area (Å²) in [5, 5.41) is 27.6. The molecular formula is C21H16N6O2S. The first-order chi connectivity index (χ1) is 14.6. The lowest BCUT2D eigenvalue weighted by molar-refractivity contribution is -0.384. The molecule has 30 heavy (non-hydrogen) atoms. The molecule has 2 heterocycles. The van der Waals surface area contributed by atoms with E-state index in [1.807, 2.05) is 24.3 Å². The van der Waals surface area contributed by atoms with Crippen LogP contribution in [-0.2, 0) is 6.42 Å². The van der Waals surface area contributed by atoms with Crippen LogP contribution in [0.2, 0.25) is 0 Å². The first-order valence-electron chi connectivity index (χ1n) is 9.13. The fourth-order valence-corrected chi connectivity index (χ4v) is 3.95. The van der Waals surface area contributed by atoms with Crippen LogP contribution in [0.5, 0.6) is 0 Å². The van der Waals surface area contributed by atoms with Crippen molar-refractivity contribution < 1.29 is 4.92 Å². The highest BCUT2D eigenvalue weighted by Crippen LogP contribution is 2.43. The third-order valence-corrected chi connectivity index (χ3v) is 5.53. The van der Waals surface area contributed by atoms with Gasteiger partial charge in [0.25, 0.3) is 5.69 Å². The van der Waals surface area contributed by atoms with Gasteiger partial charge in [-0.1, -0.05) is 36.0 Å². The summed E-state index contributed by atoms with van der Waals surface area (Å²) >= 11 is 1.51. The van der Waals surface area contributed by atoms with Crippen molar-refractivity contribution in [1.29, 1.82) is 5.26 Å². The van der Waals surface area contributed by atoms with E-state index in [0.717, 1.165) is 21.2 Å². The van der Waals surface area contributed by atoms with Gasteiger partial charge in [-0.05, 0) is 30.2 Å². The Labute approximate surface area is 176 Å².